The lowest BCUT2D eigenvalue weighted by Gasteiger charge is -2.03. The lowest BCUT2D eigenvalue weighted by molar-refractivity contribution is 0.659. The average Bonchev–Trinajstić information content (AvgIpc) is 2.30. The average molecular weight is 199 g/mol. The van der Waals surface area contributed by atoms with Crippen LogP contribution in [0.15, 0.2) is 6.20 Å². The Kier molecular flexibility index (Phi) is 3.66. The third-order valence-electron chi connectivity index (χ3n) is 1.76. The second-order valence-electron chi connectivity index (χ2n) is 3.35. The summed E-state index contributed by atoms with van der Waals surface area (Å²) in [4.78, 5) is 0. The van der Waals surface area contributed by atoms with Crippen LogP contribution in [0.3, 0.4) is 0 Å². The molecule has 0 spiro atoms. The maximum Gasteiger partial charge on any atom is 0.0822 e. The molecule has 0 unspecified atom stereocenters. The molecular weight excluding hydrogens is 182 g/mol. The number of nitrogens with zero attached hydrogens (tertiary/aromatic N) is 2. The van der Waals surface area contributed by atoms with Crippen molar-refractivity contribution in [2.24, 2.45) is 0 Å². The number of rotatable bonds is 4. The molecular formula is C9H17N3S. The molecule has 4 heteroatoms. The monoisotopic (exact) mass is 199 g/mol. The minimum absolute atomic E-state index is 0.689. The van der Waals surface area contributed by atoms with Crippen molar-refractivity contribution in [1.29, 1.82) is 0 Å². The molecule has 0 aromatic carbocycles. The molecule has 0 saturated heterocycles. The van der Waals surface area contributed by atoms with E-state index in [2.05, 4.69) is 18.9 Å². The quantitative estimate of drug-likeness (QED) is 0.805. The largest absolute Gasteiger partial charge is 0.396 e. The Hall–Kier alpha value is -0.640. The number of aromatic nitrogens is 2. The summed E-state index contributed by atoms with van der Waals surface area (Å²) in [5, 5.41) is 4.97. The highest BCUT2D eigenvalue weighted by atomic mass is 32.2. The summed E-state index contributed by atoms with van der Waals surface area (Å²) < 4.78 is 1.92. The summed E-state index contributed by atoms with van der Waals surface area (Å²) >= 11 is 1.94. The zero-order valence-corrected chi connectivity index (χ0v) is 9.27. The van der Waals surface area contributed by atoms with E-state index < -0.39 is 0 Å². The summed E-state index contributed by atoms with van der Waals surface area (Å²) in [6, 6.07) is 0. The SMILES string of the molecule is Cc1nn(CCSC(C)C)cc1N. The fourth-order valence-electron chi connectivity index (χ4n) is 1.03. The first kappa shape index (κ1) is 10.4. The van der Waals surface area contributed by atoms with Gasteiger partial charge in [0.1, 0.15) is 0 Å². The Morgan fingerprint density at radius 3 is 2.77 bits per heavy atom. The second kappa shape index (κ2) is 4.56. The molecule has 0 aliphatic rings. The van der Waals surface area contributed by atoms with Crippen LogP contribution in [-0.2, 0) is 6.54 Å². The Morgan fingerprint density at radius 1 is 1.62 bits per heavy atom. The Bertz CT molecular complexity index is 248. The molecule has 0 aliphatic heterocycles. The van der Waals surface area contributed by atoms with Crippen LogP contribution in [-0.4, -0.2) is 20.8 Å². The molecule has 3 nitrogen and oxygen atoms in total. The number of anilines is 1. The number of hydrogen-bond acceptors (Lipinski definition) is 3. The molecule has 13 heavy (non-hydrogen) atoms. The Morgan fingerprint density at radius 2 is 2.31 bits per heavy atom. The van der Waals surface area contributed by atoms with Crippen molar-refractivity contribution in [2.75, 3.05) is 11.5 Å². The van der Waals surface area contributed by atoms with Crippen LogP contribution < -0.4 is 5.73 Å². The lowest BCUT2D eigenvalue weighted by Crippen LogP contribution is -2.03. The molecule has 2 N–H and O–H groups in total. The fourth-order valence-corrected chi connectivity index (χ4v) is 1.79. The topological polar surface area (TPSA) is 43.8 Å². The molecule has 0 fully saturated rings. The molecule has 0 saturated carbocycles. The van der Waals surface area contributed by atoms with Gasteiger partial charge in [-0.05, 0) is 12.2 Å². The van der Waals surface area contributed by atoms with Crippen LogP contribution in [0.1, 0.15) is 19.5 Å². The Balaban J connectivity index is 2.37. The predicted molar refractivity (Wildman–Crippen MR) is 59.0 cm³/mol. The smallest absolute Gasteiger partial charge is 0.0822 e. The van der Waals surface area contributed by atoms with E-state index in [9.17, 15) is 0 Å². The maximum atomic E-state index is 5.68. The van der Waals surface area contributed by atoms with E-state index in [1.54, 1.807) is 0 Å². The predicted octanol–water partition coefficient (Wildman–Crippen LogP) is 1.92. The minimum Gasteiger partial charge on any atom is -0.396 e. The highest BCUT2D eigenvalue weighted by Gasteiger charge is 2.00. The van der Waals surface area contributed by atoms with Crippen LogP contribution in [0.25, 0.3) is 0 Å². The van der Waals surface area contributed by atoms with Crippen molar-refractivity contribution in [2.45, 2.75) is 32.6 Å². The molecule has 1 aromatic heterocycles. The molecule has 0 aliphatic carbocycles. The van der Waals surface area contributed by atoms with Crippen LogP contribution >= 0.6 is 11.8 Å². The first-order chi connectivity index (χ1) is 6.09. The number of nitrogen functional groups attached to an aromatic ring is 1. The van der Waals surface area contributed by atoms with E-state index in [0.717, 1.165) is 23.7 Å². The van der Waals surface area contributed by atoms with Crippen LogP contribution in [0.5, 0.6) is 0 Å². The molecule has 74 valence electrons. The molecule has 0 amide bonds. The van der Waals surface area contributed by atoms with Crippen molar-refractivity contribution >= 4 is 17.4 Å². The van der Waals surface area contributed by atoms with Gasteiger partial charge in [-0.15, -0.1) is 0 Å². The van der Waals surface area contributed by atoms with Crippen molar-refractivity contribution in [3.05, 3.63) is 11.9 Å². The summed E-state index contributed by atoms with van der Waals surface area (Å²) in [6.45, 7) is 7.28. The molecule has 0 atom stereocenters. The molecule has 1 heterocycles. The zero-order valence-electron chi connectivity index (χ0n) is 8.45. The minimum atomic E-state index is 0.689. The van der Waals surface area contributed by atoms with E-state index in [0.29, 0.717) is 5.25 Å². The van der Waals surface area contributed by atoms with E-state index in [-0.39, 0.29) is 0 Å². The van der Waals surface area contributed by atoms with Gasteiger partial charge in [0.25, 0.3) is 0 Å². The van der Waals surface area contributed by atoms with Gasteiger partial charge < -0.3 is 5.73 Å². The normalized spacial score (nSPS) is 11.1. The zero-order chi connectivity index (χ0) is 9.84. The van der Waals surface area contributed by atoms with Crippen molar-refractivity contribution in [1.82, 2.24) is 9.78 Å². The summed E-state index contributed by atoms with van der Waals surface area (Å²) in [7, 11) is 0. The molecule has 1 aromatic rings. The third kappa shape index (κ3) is 3.30. The summed E-state index contributed by atoms with van der Waals surface area (Å²) in [5.41, 5.74) is 7.39. The Labute approximate surface area is 83.7 Å². The highest BCUT2D eigenvalue weighted by Crippen LogP contribution is 2.11. The number of thioether (sulfide) groups is 1. The van der Waals surface area contributed by atoms with Gasteiger partial charge in [-0.25, -0.2) is 0 Å². The van der Waals surface area contributed by atoms with Gasteiger partial charge in [-0.3, -0.25) is 4.68 Å². The summed E-state index contributed by atoms with van der Waals surface area (Å²) in [5.74, 6) is 1.10. The molecule has 0 radical (unpaired) electrons. The van der Waals surface area contributed by atoms with Crippen molar-refractivity contribution in [3.8, 4) is 0 Å². The van der Waals surface area contributed by atoms with Gasteiger partial charge >= 0.3 is 0 Å². The third-order valence-corrected chi connectivity index (χ3v) is 2.84. The van der Waals surface area contributed by atoms with Gasteiger partial charge in [-0.2, -0.15) is 16.9 Å². The van der Waals surface area contributed by atoms with Crippen LogP contribution in [0.4, 0.5) is 5.69 Å². The van der Waals surface area contributed by atoms with E-state index in [4.69, 9.17) is 5.73 Å². The molecule has 0 bridgehead atoms. The summed E-state index contributed by atoms with van der Waals surface area (Å²) in [6.07, 6.45) is 1.90. The maximum absolute atomic E-state index is 5.68. The van der Waals surface area contributed by atoms with Crippen molar-refractivity contribution in [3.63, 3.8) is 0 Å². The van der Waals surface area contributed by atoms with Gasteiger partial charge in [-0.1, -0.05) is 13.8 Å². The first-order valence-electron chi connectivity index (χ1n) is 4.50. The lowest BCUT2D eigenvalue weighted by atomic mass is 10.4. The number of hydrogen-bond donors (Lipinski definition) is 1. The van der Waals surface area contributed by atoms with Gasteiger partial charge in [0.2, 0.25) is 0 Å². The van der Waals surface area contributed by atoms with Crippen LogP contribution in [0, 0.1) is 6.92 Å². The number of aryl methyl sites for hydroxylation is 2. The van der Waals surface area contributed by atoms with Crippen LogP contribution in [0.2, 0.25) is 0 Å². The fraction of sp³-hybridized carbons (Fsp3) is 0.667. The van der Waals surface area contributed by atoms with Gasteiger partial charge in [0, 0.05) is 11.9 Å². The standard InChI is InChI=1S/C9H17N3S/c1-7(2)13-5-4-12-6-9(10)8(3)11-12/h6-7H,4-5,10H2,1-3H3. The number of nitrogens with two attached hydrogens (primary N) is 1. The highest BCUT2D eigenvalue weighted by molar-refractivity contribution is 7.99. The van der Waals surface area contributed by atoms with E-state index in [1.165, 1.54) is 0 Å². The van der Waals surface area contributed by atoms with E-state index >= 15 is 0 Å². The van der Waals surface area contributed by atoms with Crippen molar-refractivity contribution < 1.29 is 0 Å². The van der Waals surface area contributed by atoms with Gasteiger partial charge in [0.05, 0.1) is 17.9 Å². The molecule has 1 rings (SSSR count). The van der Waals surface area contributed by atoms with E-state index in [1.807, 2.05) is 29.6 Å². The van der Waals surface area contributed by atoms with Gasteiger partial charge in [0.15, 0.2) is 0 Å². The first-order valence-corrected chi connectivity index (χ1v) is 5.55. The second-order valence-corrected chi connectivity index (χ2v) is 5.04.